The van der Waals surface area contributed by atoms with E-state index in [1.165, 1.54) is 0 Å². The highest BCUT2D eigenvalue weighted by atomic mass is 14.7. The number of rotatable bonds is 0. The molecular formula is C6H4N2. The third-order valence-corrected chi connectivity index (χ3v) is 0.792. The van der Waals surface area contributed by atoms with Gasteiger partial charge in [-0.1, -0.05) is 0 Å². The van der Waals surface area contributed by atoms with Gasteiger partial charge in [0, 0.05) is 12.4 Å². The molecule has 38 valence electrons. The van der Waals surface area contributed by atoms with Crippen molar-refractivity contribution in [3.8, 4) is 0 Å². The Morgan fingerprint density at radius 3 is 2.38 bits per heavy atom. The molecule has 0 fully saturated rings. The lowest BCUT2D eigenvalue weighted by Crippen LogP contribution is -1.62. The number of nitrogens with zero attached hydrogens (tertiary/aromatic N) is 2. The van der Waals surface area contributed by atoms with E-state index in [0.29, 0.717) is 5.69 Å². The highest BCUT2D eigenvalue weighted by molar-refractivity contribution is 5.41. The Kier molecular flexibility index (Phi) is 1.25. The Morgan fingerprint density at radius 2 is 2.00 bits per heavy atom. The predicted molar refractivity (Wildman–Crippen MR) is 30.5 cm³/mol. The summed E-state index contributed by atoms with van der Waals surface area (Å²) in [4.78, 5) is 6.93. The lowest BCUT2D eigenvalue weighted by molar-refractivity contribution is 1.34. The average molecular weight is 104 g/mol. The molecule has 0 amide bonds. The average Bonchev–Trinajstić information content (AvgIpc) is 1.90. The van der Waals surface area contributed by atoms with Gasteiger partial charge < -0.3 is 0 Å². The Hall–Kier alpha value is -1.36. The quantitative estimate of drug-likeness (QED) is 0.457. The summed E-state index contributed by atoms with van der Waals surface area (Å²) in [5.74, 6) is 0. The molecule has 0 unspecified atom stereocenters. The van der Waals surface area contributed by atoms with Crippen molar-refractivity contribution < 1.29 is 0 Å². The zero-order valence-electron chi connectivity index (χ0n) is 4.20. The maximum absolute atomic E-state index is 6.54. The molecule has 0 aromatic carbocycles. The second kappa shape index (κ2) is 2.08. The van der Waals surface area contributed by atoms with Crippen LogP contribution in [-0.4, -0.2) is 4.98 Å². The van der Waals surface area contributed by atoms with Gasteiger partial charge >= 0.3 is 0 Å². The van der Waals surface area contributed by atoms with E-state index >= 15 is 0 Å². The second-order valence-electron chi connectivity index (χ2n) is 1.32. The molecule has 0 aliphatic heterocycles. The zero-order chi connectivity index (χ0) is 5.82. The standard InChI is InChI=1S/C6H4N2/c1-7-6-2-4-8-5-3-6/h2-5H. The van der Waals surface area contributed by atoms with Gasteiger partial charge in [0.1, 0.15) is 0 Å². The molecule has 1 heterocycles. The van der Waals surface area contributed by atoms with Crippen LogP contribution in [0.5, 0.6) is 0 Å². The van der Waals surface area contributed by atoms with E-state index in [9.17, 15) is 0 Å². The van der Waals surface area contributed by atoms with Crippen LogP contribution in [0.25, 0.3) is 4.85 Å². The van der Waals surface area contributed by atoms with Crippen LogP contribution in [0.1, 0.15) is 0 Å². The maximum Gasteiger partial charge on any atom is 0.190 e. The van der Waals surface area contributed by atoms with Crippen LogP contribution >= 0.6 is 0 Å². The highest BCUT2D eigenvalue weighted by Gasteiger charge is 1.80. The van der Waals surface area contributed by atoms with Crippen molar-refractivity contribution in [3.05, 3.63) is 35.9 Å². The number of aromatic nitrogens is 1. The summed E-state index contributed by atoms with van der Waals surface area (Å²) in [6, 6.07) is 3.35. The molecule has 8 heavy (non-hydrogen) atoms. The third-order valence-electron chi connectivity index (χ3n) is 0.792. The lowest BCUT2D eigenvalue weighted by atomic mass is 10.4. The van der Waals surface area contributed by atoms with Crippen LogP contribution in [0, 0.1) is 6.57 Å². The molecule has 0 N–H and O–H groups in total. The molecule has 2 nitrogen and oxygen atoms in total. The van der Waals surface area contributed by atoms with Crippen molar-refractivity contribution in [2.45, 2.75) is 0 Å². The summed E-state index contributed by atoms with van der Waals surface area (Å²) >= 11 is 0. The first-order valence-electron chi connectivity index (χ1n) is 2.21. The lowest BCUT2D eigenvalue weighted by Gasteiger charge is -1.80. The van der Waals surface area contributed by atoms with Crippen LogP contribution in [0.2, 0.25) is 0 Å². The first-order chi connectivity index (χ1) is 3.93. The molecule has 0 saturated carbocycles. The van der Waals surface area contributed by atoms with Crippen molar-refractivity contribution in [1.29, 1.82) is 0 Å². The summed E-state index contributed by atoms with van der Waals surface area (Å²) in [5, 5.41) is 0. The Labute approximate surface area is 47.6 Å². The van der Waals surface area contributed by atoms with Crippen molar-refractivity contribution in [2.75, 3.05) is 0 Å². The molecule has 0 radical (unpaired) electrons. The summed E-state index contributed by atoms with van der Waals surface area (Å²) in [6.07, 6.45) is 3.21. The molecule has 0 spiro atoms. The van der Waals surface area contributed by atoms with Gasteiger partial charge in [-0.25, -0.2) is 4.85 Å². The van der Waals surface area contributed by atoms with Gasteiger partial charge in [0.25, 0.3) is 0 Å². The van der Waals surface area contributed by atoms with E-state index in [-0.39, 0.29) is 0 Å². The predicted octanol–water partition coefficient (Wildman–Crippen LogP) is 1.63. The van der Waals surface area contributed by atoms with Crippen molar-refractivity contribution in [3.63, 3.8) is 0 Å². The first kappa shape index (κ1) is 4.79. The molecule has 0 aliphatic carbocycles. The fraction of sp³-hybridized carbons (Fsp3) is 0. The third kappa shape index (κ3) is 0.824. The molecule has 0 aliphatic rings. The molecule has 1 aromatic heterocycles. The van der Waals surface area contributed by atoms with E-state index in [0.717, 1.165) is 0 Å². The summed E-state index contributed by atoms with van der Waals surface area (Å²) in [7, 11) is 0. The monoisotopic (exact) mass is 104 g/mol. The SMILES string of the molecule is [C-]#[N+]c1ccncc1. The van der Waals surface area contributed by atoms with Crippen LogP contribution in [0.15, 0.2) is 24.5 Å². The number of hydrogen-bond acceptors (Lipinski definition) is 1. The second-order valence-corrected chi connectivity index (χ2v) is 1.32. The molecule has 0 atom stereocenters. The van der Waals surface area contributed by atoms with Gasteiger partial charge in [-0.2, -0.15) is 0 Å². The largest absolute Gasteiger partial charge is 0.267 e. The van der Waals surface area contributed by atoms with E-state index < -0.39 is 0 Å². The Morgan fingerprint density at radius 1 is 1.38 bits per heavy atom. The van der Waals surface area contributed by atoms with E-state index in [4.69, 9.17) is 6.57 Å². The van der Waals surface area contributed by atoms with Crippen molar-refractivity contribution in [2.24, 2.45) is 0 Å². The van der Waals surface area contributed by atoms with Gasteiger partial charge in [0.15, 0.2) is 5.69 Å². The zero-order valence-corrected chi connectivity index (χ0v) is 4.20. The van der Waals surface area contributed by atoms with Gasteiger partial charge in [-0.15, -0.1) is 0 Å². The summed E-state index contributed by atoms with van der Waals surface area (Å²) in [5.41, 5.74) is 0.639. The van der Waals surface area contributed by atoms with E-state index in [1.54, 1.807) is 24.5 Å². The molecule has 2 heteroatoms. The molecule has 1 aromatic rings. The minimum absolute atomic E-state index is 0.639. The number of hydrogen-bond donors (Lipinski definition) is 0. The maximum atomic E-state index is 6.54. The number of pyridine rings is 1. The van der Waals surface area contributed by atoms with E-state index in [1.807, 2.05) is 0 Å². The first-order valence-corrected chi connectivity index (χ1v) is 2.21. The van der Waals surface area contributed by atoms with Crippen LogP contribution in [0.4, 0.5) is 5.69 Å². The minimum Gasteiger partial charge on any atom is -0.267 e. The molecular weight excluding hydrogens is 100 g/mol. The molecule has 0 bridgehead atoms. The molecule has 0 saturated heterocycles. The fourth-order valence-electron chi connectivity index (χ4n) is 0.419. The smallest absolute Gasteiger partial charge is 0.190 e. The molecule has 1 rings (SSSR count). The van der Waals surface area contributed by atoms with Crippen LogP contribution in [0.3, 0.4) is 0 Å². The van der Waals surface area contributed by atoms with Gasteiger partial charge in [-0.05, 0) is 12.1 Å². The Bertz CT molecular complexity index is 198. The van der Waals surface area contributed by atoms with E-state index in [2.05, 4.69) is 9.83 Å². The van der Waals surface area contributed by atoms with Gasteiger partial charge in [-0.3, -0.25) is 4.98 Å². The van der Waals surface area contributed by atoms with Crippen LogP contribution in [-0.2, 0) is 0 Å². The topological polar surface area (TPSA) is 17.2 Å². The summed E-state index contributed by atoms with van der Waals surface area (Å²) < 4.78 is 0. The summed E-state index contributed by atoms with van der Waals surface area (Å²) in [6.45, 7) is 6.54. The van der Waals surface area contributed by atoms with Crippen molar-refractivity contribution in [1.82, 2.24) is 4.98 Å². The van der Waals surface area contributed by atoms with Crippen molar-refractivity contribution >= 4 is 5.69 Å². The van der Waals surface area contributed by atoms with Gasteiger partial charge in [0.2, 0.25) is 0 Å². The Balaban J connectivity index is 3.05. The minimum atomic E-state index is 0.639. The highest BCUT2D eigenvalue weighted by Crippen LogP contribution is 2.05. The fourth-order valence-corrected chi connectivity index (χ4v) is 0.419. The normalized spacial score (nSPS) is 7.88. The van der Waals surface area contributed by atoms with Gasteiger partial charge in [0.05, 0.1) is 6.57 Å². The van der Waals surface area contributed by atoms with Crippen LogP contribution < -0.4 is 0 Å².